The first-order chi connectivity index (χ1) is 7.97. The molecule has 0 heterocycles. The second kappa shape index (κ2) is 6.39. The predicted molar refractivity (Wildman–Crippen MR) is 71.7 cm³/mol. The molecule has 1 amide bonds. The molecule has 17 heavy (non-hydrogen) atoms. The molecule has 3 nitrogen and oxygen atoms in total. The lowest BCUT2D eigenvalue weighted by Gasteiger charge is -2.33. The maximum atomic E-state index is 12.0. The summed E-state index contributed by atoms with van der Waals surface area (Å²) in [7, 11) is 0. The Labute approximate surface area is 106 Å². The highest BCUT2D eigenvalue weighted by Gasteiger charge is 2.30. The van der Waals surface area contributed by atoms with Crippen molar-refractivity contribution in [3.05, 3.63) is 0 Å². The van der Waals surface area contributed by atoms with Gasteiger partial charge in [-0.05, 0) is 25.7 Å². The molecule has 1 fully saturated rings. The number of amides is 1. The number of carbonyl (C=O) groups is 1. The van der Waals surface area contributed by atoms with Crippen LogP contribution in [-0.4, -0.2) is 17.5 Å². The molecule has 3 heteroatoms. The van der Waals surface area contributed by atoms with Crippen molar-refractivity contribution in [1.29, 1.82) is 0 Å². The lowest BCUT2D eigenvalue weighted by molar-refractivity contribution is -0.123. The van der Waals surface area contributed by atoms with Gasteiger partial charge < -0.3 is 11.1 Å². The molecule has 1 rings (SSSR count). The molecule has 2 atom stereocenters. The summed E-state index contributed by atoms with van der Waals surface area (Å²) in [6.45, 7) is 6.40. The number of hydrogen-bond donors (Lipinski definition) is 2. The maximum absolute atomic E-state index is 12.0. The molecular weight excluding hydrogens is 212 g/mol. The average Bonchev–Trinajstić information content (AvgIpc) is 2.27. The smallest absolute Gasteiger partial charge is 0.222 e. The van der Waals surface area contributed by atoms with Gasteiger partial charge >= 0.3 is 0 Å². The molecule has 0 saturated heterocycles. The summed E-state index contributed by atoms with van der Waals surface area (Å²) in [6, 6.07) is 0.250. The molecule has 0 aromatic heterocycles. The molecule has 0 aromatic carbocycles. The van der Waals surface area contributed by atoms with Crippen molar-refractivity contribution >= 4 is 5.91 Å². The monoisotopic (exact) mass is 240 g/mol. The molecule has 0 aromatic rings. The summed E-state index contributed by atoms with van der Waals surface area (Å²) in [5, 5.41) is 3.08. The van der Waals surface area contributed by atoms with Crippen molar-refractivity contribution in [3.63, 3.8) is 0 Å². The zero-order valence-corrected chi connectivity index (χ0v) is 11.6. The minimum atomic E-state index is -0.239. The second-order valence-corrected chi connectivity index (χ2v) is 5.84. The van der Waals surface area contributed by atoms with E-state index in [0.717, 1.165) is 19.3 Å². The minimum Gasteiger partial charge on any atom is -0.353 e. The van der Waals surface area contributed by atoms with Crippen molar-refractivity contribution < 1.29 is 4.79 Å². The van der Waals surface area contributed by atoms with Gasteiger partial charge in [0.2, 0.25) is 5.91 Å². The third-order valence-electron chi connectivity index (χ3n) is 4.25. The van der Waals surface area contributed by atoms with E-state index in [1.807, 2.05) is 0 Å². The molecule has 0 aliphatic heterocycles. The third kappa shape index (κ3) is 4.66. The zero-order valence-electron chi connectivity index (χ0n) is 11.6. The number of nitrogens with one attached hydrogen (secondary N) is 1. The molecule has 0 spiro atoms. The lowest BCUT2D eigenvalue weighted by Crippen LogP contribution is -2.48. The van der Waals surface area contributed by atoms with Gasteiger partial charge in [0.15, 0.2) is 0 Å². The van der Waals surface area contributed by atoms with Crippen LogP contribution in [0.25, 0.3) is 0 Å². The SMILES string of the molecule is CCC(C)C(C)NC(=O)CC1(N)CCCCC1. The van der Waals surface area contributed by atoms with Crippen molar-refractivity contribution in [2.24, 2.45) is 11.7 Å². The van der Waals surface area contributed by atoms with Crippen LogP contribution in [-0.2, 0) is 4.79 Å². The normalized spacial score (nSPS) is 22.8. The van der Waals surface area contributed by atoms with Crippen molar-refractivity contribution in [2.75, 3.05) is 0 Å². The topological polar surface area (TPSA) is 55.1 Å². The van der Waals surface area contributed by atoms with Gasteiger partial charge in [0.25, 0.3) is 0 Å². The quantitative estimate of drug-likeness (QED) is 0.776. The molecule has 100 valence electrons. The van der Waals surface area contributed by atoms with E-state index in [4.69, 9.17) is 5.73 Å². The first-order valence-electron chi connectivity index (χ1n) is 7.05. The summed E-state index contributed by atoms with van der Waals surface area (Å²) >= 11 is 0. The molecule has 2 unspecified atom stereocenters. The fourth-order valence-corrected chi connectivity index (χ4v) is 2.55. The van der Waals surface area contributed by atoms with Gasteiger partial charge in [0, 0.05) is 18.0 Å². The van der Waals surface area contributed by atoms with E-state index in [1.165, 1.54) is 19.3 Å². The summed E-state index contributed by atoms with van der Waals surface area (Å²) in [5.74, 6) is 0.654. The summed E-state index contributed by atoms with van der Waals surface area (Å²) in [5.41, 5.74) is 6.04. The molecular formula is C14H28N2O. The van der Waals surface area contributed by atoms with E-state index in [9.17, 15) is 4.79 Å². The molecule has 1 saturated carbocycles. The van der Waals surface area contributed by atoms with Gasteiger partial charge in [0.05, 0.1) is 0 Å². The largest absolute Gasteiger partial charge is 0.353 e. The van der Waals surface area contributed by atoms with E-state index in [2.05, 4.69) is 26.1 Å². The van der Waals surface area contributed by atoms with Crippen molar-refractivity contribution in [3.8, 4) is 0 Å². The maximum Gasteiger partial charge on any atom is 0.222 e. The first-order valence-corrected chi connectivity index (χ1v) is 7.05. The molecule has 1 aliphatic rings. The van der Waals surface area contributed by atoms with Crippen LogP contribution in [0.5, 0.6) is 0 Å². The predicted octanol–water partition coefficient (Wildman–Crippen LogP) is 2.59. The van der Waals surface area contributed by atoms with Crippen LogP contribution >= 0.6 is 0 Å². The Kier molecular flexibility index (Phi) is 5.44. The highest BCUT2D eigenvalue weighted by atomic mass is 16.1. The van der Waals surface area contributed by atoms with E-state index in [1.54, 1.807) is 0 Å². The Balaban J connectivity index is 2.38. The van der Waals surface area contributed by atoms with Gasteiger partial charge in [-0.25, -0.2) is 0 Å². The Morgan fingerprint density at radius 3 is 2.41 bits per heavy atom. The molecule has 1 aliphatic carbocycles. The molecule has 0 radical (unpaired) electrons. The van der Waals surface area contributed by atoms with E-state index >= 15 is 0 Å². The highest BCUT2D eigenvalue weighted by molar-refractivity contribution is 5.77. The zero-order chi connectivity index (χ0) is 12.9. The molecule has 3 N–H and O–H groups in total. The Morgan fingerprint density at radius 1 is 1.29 bits per heavy atom. The number of nitrogens with two attached hydrogens (primary N) is 1. The number of hydrogen-bond acceptors (Lipinski definition) is 2. The van der Waals surface area contributed by atoms with Crippen LogP contribution < -0.4 is 11.1 Å². The summed E-state index contributed by atoms with van der Waals surface area (Å²) < 4.78 is 0. The number of rotatable bonds is 5. The van der Waals surface area contributed by atoms with Gasteiger partial charge in [0.1, 0.15) is 0 Å². The fourth-order valence-electron chi connectivity index (χ4n) is 2.55. The average molecular weight is 240 g/mol. The standard InChI is InChI=1S/C14H28N2O/c1-4-11(2)12(3)16-13(17)10-14(15)8-6-5-7-9-14/h11-12H,4-10,15H2,1-3H3,(H,16,17). The van der Waals surface area contributed by atoms with Crippen LogP contribution in [0.15, 0.2) is 0 Å². The first kappa shape index (κ1) is 14.5. The van der Waals surface area contributed by atoms with Gasteiger partial charge in [-0.2, -0.15) is 0 Å². The Hall–Kier alpha value is -0.570. The highest BCUT2D eigenvalue weighted by Crippen LogP contribution is 2.28. The van der Waals surface area contributed by atoms with Gasteiger partial charge in [-0.1, -0.05) is 39.5 Å². The van der Waals surface area contributed by atoms with Crippen LogP contribution in [0.4, 0.5) is 0 Å². The van der Waals surface area contributed by atoms with E-state index in [0.29, 0.717) is 12.3 Å². The third-order valence-corrected chi connectivity index (χ3v) is 4.25. The van der Waals surface area contributed by atoms with E-state index in [-0.39, 0.29) is 17.5 Å². The summed E-state index contributed by atoms with van der Waals surface area (Å²) in [6.07, 6.45) is 7.19. The van der Waals surface area contributed by atoms with Crippen LogP contribution in [0.2, 0.25) is 0 Å². The van der Waals surface area contributed by atoms with Crippen molar-refractivity contribution in [1.82, 2.24) is 5.32 Å². The lowest BCUT2D eigenvalue weighted by atomic mass is 9.80. The second-order valence-electron chi connectivity index (χ2n) is 5.84. The van der Waals surface area contributed by atoms with Crippen LogP contribution in [0.3, 0.4) is 0 Å². The Bertz CT molecular complexity index is 247. The Morgan fingerprint density at radius 2 is 1.88 bits per heavy atom. The van der Waals surface area contributed by atoms with Gasteiger partial charge in [-0.15, -0.1) is 0 Å². The fraction of sp³-hybridized carbons (Fsp3) is 0.929. The summed E-state index contributed by atoms with van der Waals surface area (Å²) in [4.78, 5) is 12.0. The number of carbonyl (C=O) groups excluding carboxylic acids is 1. The van der Waals surface area contributed by atoms with E-state index < -0.39 is 0 Å². The molecule has 0 bridgehead atoms. The van der Waals surface area contributed by atoms with Crippen LogP contribution in [0, 0.1) is 5.92 Å². The van der Waals surface area contributed by atoms with Gasteiger partial charge in [-0.3, -0.25) is 4.79 Å². The van der Waals surface area contributed by atoms with Crippen LogP contribution in [0.1, 0.15) is 65.7 Å². The minimum absolute atomic E-state index is 0.127. The van der Waals surface area contributed by atoms with Crippen molar-refractivity contribution in [2.45, 2.75) is 77.3 Å².